The van der Waals surface area contributed by atoms with Gasteiger partial charge in [0.25, 0.3) is 0 Å². The van der Waals surface area contributed by atoms with Gasteiger partial charge in [-0.2, -0.15) is 0 Å². The minimum absolute atomic E-state index is 0.163. The minimum atomic E-state index is -0.991. The summed E-state index contributed by atoms with van der Waals surface area (Å²) in [5, 5.41) is 11.1. The van der Waals surface area contributed by atoms with E-state index in [0.29, 0.717) is 12.2 Å². The Hall–Kier alpha value is -1.79. The van der Waals surface area contributed by atoms with Gasteiger partial charge in [0.1, 0.15) is 11.9 Å². The maximum Gasteiger partial charge on any atom is 0.339 e. The Kier molecular flexibility index (Phi) is 4.01. The predicted molar refractivity (Wildman–Crippen MR) is 68.5 cm³/mol. The van der Waals surface area contributed by atoms with Gasteiger partial charge in [-0.05, 0) is 18.5 Å². The van der Waals surface area contributed by atoms with Crippen molar-refractivity contribution in [1.82, 2.24) is 14.9 Å². The first-order chi connectivity index (χ1) is 8.66. The van der Waals surface area contributed by atoms with E-state index in [1.54, 1.807) is 11.3 Å². The lowest BCUT2D eigenvalue weighted by Crippen LogP contribution is -2.19. The van der Waals surface area contributed by atoms with Crippen LogP contribution in [0.4, 0.5) is 0 Å². The molecule has 0 aliphatic carbocycles. The molecule has 2 aromatic heterocycles. The van der Waals surface area contributed by atoms with Crippen molar-refractivity contribution in [3.63, 3.8) is 0 Å². The van der Waals surface area contributed by atoms with E-state index in [4.69, 9.17) is 5.11 Å². The second kappa shape index (κ2) is 5.70. The molecule has 0 amide bonds. The van der Waals surface area contributed by atoms with Crippen molar-refractivity contribution in [2.24, 2.45) is 0 Å². The molecule has 0 atom stereocenters. The molecule has 0 unspecified atom stereocenters. The lowest BCUT2D eigenvalue weighted by Gasteiger charge is -2.15. The van der Waals surface area contributed by atoms with Crippen LogP contribution in [0.15, 0.2) is 30.0 Å². The van der Waals surface area contributed by atoms with E-state index in [1.807, 2.05) is 23.4 Å². The fourth-order valence-electron chi connectivity index (χ4n) is 1.64. The zero-order chi connectivity index (χ0) is 13.0. The van der Waals surface area contributed by atoms with Crippen LogP contribution in [0, 0.1) is 0 Å². The van der Waals surface area contributed by atoms with Gasteiger partial charge in [0, 0.05) is 24.2 Å². The highest BCUT2D eigenvalue weighted by Crippen LogP contribution is 2.13. The largest absolute Gasteiger partial charge is 0.478 e. The smallest absolute Gasteiger partial charge is 0.339 e. The van der Waals surface area contributed by atoms with Crippen molar-refractivity contribution >= 4 is 17.3 Å². The third-order valence-corrected chi connectivity index (χ3v) is 3.31. The molecule has 94 valence electrons. The van der Waals surface area contributed by atoms with Crippen molar-refractivity contribution in [2.75, 3.05) is 7.05 Å². The molecule has 1 N–H and O–H groups in total. The summed E-state index contributed by atoms with van der Waals surface area (Å²) in [4.78, 5) is 22.1. The number of carbonyl (C=O) groups is 1. The predicted octanol–water partition coefficient (Wildman–Crippen LogP) is 1.87. The fourth-order valence-corrected chi connectivity index (χ4v) is 2.42. The topological polar surface area (TPSA) is 66.3 Å². The van der Waals surface area contributed by atoms with E-state index in [1.165, 1.54) is 17.4 Å². The number of carboxylic acids is 1. The quantitative estimate of drug-likeness (QED) is 0.892. The summed E-state index contributed by atoms with van der Waals surface area (Å²) in [6, 6.07) is 4.06. The summed E-state index contributed by atoms with van der Waals surface area (Å²) in [7, 11) is 1.94. The second-order valence-electron chi connectivity index (χ2n) is 3.94. The molecule has 0 spiro atoms. The van der Waals surface area contributed by atoms with Gasteiger partial charge in [0.05, 0.1) is 5.69 Å². The summed E-state index contributed by atoms with van der Waals surface area (Å²) in [5.41, 5.74) is 0.701. The lowest BCUT2D eigenvalue weighted by molar-refractivity contribution is 0.0693. The first kappa shape index (κ1) is 12.7. The summed E-state index contributed by atoms with van der Waals surface area (Å²) < 4.78 is 0. The highest BCUT2D eigenvalue weighted by atomic mass is 32.1. The number of rotatable bonds is 5. The van der Waals surface area contributed by atoms with Gasteiger partial charge in [-0.3, -0.25) is 4.90 Å². The maximum atomic E-state index is 11.0. The van der Waals surface area contributed by atoms with Crippen LogP contribution in [0.3, 0.4) is 0 Å². The second-order valence-corrected chi connectivity index (χ2v) is 4.97. The molecular formula is C12H13N3O2S. The molecule has 18 heavy (non-hydrogen) atoms. The number of aromatic nitrogens is 2. The van der Waals surface area contributed by atoms with E-state index in [2.05, 4.69) is 16.0 Å². The molecule has 0 saturated heterocycles. The Labute approximate surface area is 109 Å². The molecule has 0 bridgehead atoms. The van der Waals surface area contributed by atoms with Crippen LogP contribution in [0.5, 0.6) is 0 Å². The fraction of sp³-hybridized carbons (Fsp3) is 0.250. The number of carboxylic acid groups (broad SMARTS) is 1. The Bertz CT molecular complexity index is 528. The number of aromatic carboxylic acids is 1. The van der Waals surface area contributed by atoms with Crippen molar-refractivity contribution in [2.45, 2.75) is 13.1 Å². The van der Waals surface area contributed by atoms with Crippen LogP contribution in [-0.2, 0) is 13.1 Å². The first-order valence-corrected chi connectivity index (χ1v) is 6.28. The molecule has 2 heterocycles. The average molecular weight is 263 g/mol. The monoisotopic (exact) mass is 263 g/mol. The molecule has 2 rings (SSSR count). The zero-order valence-electron chi connectivity index (χ0n) is 9.91. The Balaban J connectivity index is 2.07. The SMILES string of the molecule is CN(Cc1cccs1)Cc1ncncc1C(=O)O. The highest BCUT2D eigenvalue weighted by molar-refractivity contribution is 7.09. The van der Waals surface area contributed by atoms with E-state index in [9.17, 15) is 4.79 Å². The van der Waals surface area contributed by atoms with Gasteiger partial charge in [-0.1, -0.05) is 6.07 Å². The standard InChI is InChI=1S/C12H13N3O2S/c1-15(6-9-3-2-4-18-9)7-11-10(12(16)17)5-13-8-14-11/h2-5,8H,6-7H2,1H3,(H,16,17). The third kappa shape index (κ3) is 3.12. The summed E-state index contributed by atoms with van der Waals surface area (Å²) in [6.45, 7) is 1.27. The molecule has 0 aliphatic heterocycles. The Morgan fingerprint density at radius 1 is 1.50 bits per heavy atom. The minimum Gasteiger partial charge on any atom is -0.478 e. The van der Waals surface area contributed by atoms with Crippen LogP contribution in [0.1, 0.15) is 20.9 Å². The van der Waals surface area contributed by atoms with Gasteiger partial charge in [0.2, 0.25) is 0 Å². The van der Waals surface area contributed by atoms with Gasteiger partial charge < -0.3 is 5.11 Å². The summed E-state index contributed by atoms with van der Waals surface area (Å²) in [6.07, 6.45) is 2.71. The van der Waals surface area contributed by atoms with E-state index >= 15 is 0 Å². The van der Waals surface area contributed by atoms with Crippen molar-refractivity contribution in [3.05, 3.63) is 46.2 Å². The normalized spacial score (nSPS) is 10.8. The first-order valence-electron chi connectivity index (χ1n) is 5.40. The molecule has 0 fully saturated rings. The number of nitrogens with zero attached hydrogens (tertiary/aromatic N) is 3. The number of thiophene rings is 1. The average Bonchev–Trinajstić information content (AvgIpc) is 2.82. The number of hydrogen-bond acceptors (Lipinski definition) is 5. The van der Waals surface area contributed by atoms with Crippen LogP contribution in [0.25, 0.3) is 0 Å². The Morgan fingerprint density at radius 2 is 2.33 bits per heavy atom. The van der Waals surface area contributed by atoms with Crippen molar-refractivity contribution in [3.8, 4) is 0 Å². The molecule has 0 aromatic carbocycles. The highest BCUT2D eigenvalue weighted by Gasteiger charge is 2.13. The molecule has 5 nitrogen and oxygen atoms in total. The van der Waals surface area contributed by atoms with Crippen LogP contribution >= 0.6 is 11.3 Å². The van der Waals surface area contributed by atoms with E-state index in [0.717, 1.165) is 6.54 Å². The van der Waals surface area contributed by atoms with Gasteiger partial charge >= 0.3 is 5.97 Å². The number of hydrogen-bond donors (Lipinski definition) is 1. The van der Waals surface area contributed by atoms with Gasteiger partial charge in [-0.15, -0.1) is 11.3 Å². The van der Waals surface area contributed by atoms with Crippen LogP contribution < -0.4 is 0 Å². The van der Waals surface area contributed by atoms with Crippen molar-refractivity contribution < 1.29 is 9.90 Å². The van der Waals surface area contributed by atoms with Crippen LogP contribution in [0.2, 0.25) is 0 Å². The van der Waals surface area contributed by atoms with E-state index in [-0.39, 0.29) is 5.56 Å². The van der Waals surface area contributed by atoms with E-state index < -0.39 is 5.97 Å². The summed E-state index contributed by atoms with van der Waals surface area (Å²) in [5.74, 6) is -0.991. The molecule has 2 aromatic rings. The molecular weight excluding hydrogens is 250 g/mol. The van der Waals surface area contributed by atoms with Crippen molar-refractivity contribution in [1.29, 1.82) is 0 Å². The molecule has 0 saturated carbocycles. The lowest BCUT2D eigenvalue weighted by atomic mass is 10.2. The summed E-state index contributed by atoms with van der Waals surface area (Å²) >= 11 is 1.68. The molecule has 0 radical (unpaired) electrons. The van der Waals surface area contributed by atoms with Gasteiger partial charge in [0.15, 0.2) is 0 Å². The Morgan fingerprint density at radius 3 is 3.00 bits per heavy atom. The zero-order valence-corrected chi connectivity index (χ0v) is 10.7. The maximum absolute atomic E-state index is 11.0. The van der Waals surface area contributed by atoms with Crippen LogP contribution in [-0.4, -0.2) is 33.0 Å². The third-order valence-electron chi connectivity index (χ3n) is 2.45. The molecule has 6 heteroatoms. The molecule has 0 aliphatic rings. The van der Waals surface area contributed by atoms with Gasteiger partial charge in [-0.25, -0.2) is 14.8 Å².